The lowest BCUT2D eigenvalue weighted by Crippen LogP contribution is -2.42. The normalized spacial score (nSPS) is 26.6. The van der Waals surface area contributed by atoms with Crippen LogP contribution in [0.25, 0.3) is 0 Å². The van der Waals surface area contributed by atoms with Gasteiger partial charge in [-0.1, -0.05) is 6.07 Å². The molecular formula is C15H23N3O2S. The number of fused-ring (bicyclic) bond motifs is 1. The van der Waals surface area contributed by atoms with E-state index in [-0.39, 0.29) is 4.90 Å². The molecule has 21 heavy (non-hydrogen) atoms. The fourth-order valence-electron chi connectivity index (χ4n) is 3.51. The Morgan fingerprint density at radius 1 is 1.29 bits per heavy atom. The number of piperidine rings is 1. The Balaban J connectivity index is 1.75. The van der Waals surface area contributed by atoms with Gasteiger partial charge in [-0.15, -0.1) is 0 Å². The first-order valence-corrected chi connectivity index (χ1v) is 9.12. The summed E-state index contributed by atoms with van der Waals surface area (Å²) in [5, 5.41) is 8.74. The molecule has 0 radical (unpaired) electrons. The second kappa shape index (κ2) is 5.59. The second-order valence-electron chi connectivity index (χ2n) is 6.22. The molecule has 1 aromatic carbocycles. The molecule has 1 aromatic rings. The maximum absolute atomic E-state index is 11.5. The lowest BCUT2D eigenvalue weighted by Gasteiger charge is -2.35. The predicted octanol–water partition coefficient (Wildman–Crippen LogP) is 1.68. The maximum Gasteiger partial charge on any atom is 0.238 e. The van der Waals surface area contributed by atoms with Gasteiger partial charge in [-0.2, -0.15) is 0 Å². The molecule has 116 valence electrons. The van der Waals surface area contributed by atoms with E-state index in [2.05, 4.69) is 10.2 Å². The van der Waals surface area contributed by atoms with Crippen molar-refractivity contribution in [1.82, 2.24) is 4.90 Å². The average molecular weight is 309 g/mol. The van der Waals surface area contributed by atoms with Crippen LogP contribution in [0.4, 0.5) is 5.69 Å². The molecule has 0 aromatic heterocycles. The number of rotatable bonds is 3. The molecule has 3 rings (SSSR count). The van der Waals surface area contributed by atoms with Gasteiger partial charge in [-0.05, 0) is 56.8 Å². The minimum Gasteiger partial charge on any atom is -0.382 e. The Morgan fingerprint density at radius 2 is 2.10 bits per heavy atom. The van der Waals surface area contributed by atoms with E-state index >= 15 is 0 Å². The zero-order valence-electron chi connectivity index (χ0n) is 12.4. The summed E-state index contributed by atoms with van der Waals surface area (Å²) >= 11 is 0. The molecule has 2 saturated heterocycles. The summed E-state index contributed by atoms with van der Waals surface area (Å²) in [6.07, 6.45) is 4.83. The van der Waals surface area contributed by atoms with Crippen LogP contribution in [0, 0.1) is 6.92 Å². The predicted molar refractivity (Wildman–Crippen MR) is 83.8 cm³/mol. The average Bonchev–Trinajstić information content (AvgIpc) is 2.87. The van der Waals surface area contributed by atoms with Gasteiger partial charge in [-0.3, -0.25) is 0 Å². The topological polar surface area (TPSA) is 75.4 Å². The summed E-state index contributed by atoms with van der Waals surface area (Å²) in [5.41, 5.74) is 1.94. The first-order chi connectivity index (χ1) is 9.93. The Hall–Kier alpha value is -1.11. The van der Waals surface area contributed by atoms with Crippen molar-refractivity contribution in [3.8, 4) is 0 Å². The van der Waals surface area contributed by atoms with Crippen molar-refractivity contribution in [3.63, 3.8) is 0 Å². The van der Waals surface area contributed by atoms with Crippen LogP contribution in [-0.4, -0.2) is 38.5 Å². The van der Waals surface area contributed by atoms with Crippen molar-refractivity contribution in [3.05, 3.63) is 23.8 Å². The molecule has 2 fully saturated rings. The summed E-state index contributed by atoms with van der Waals surface area (Å²) in [5.74, 6) is 0. The molecule has 6 heteroatoms. The van der Waals surface area contributed by atoms with Gasteiger partial charge in [0.2, 0.25) is 10.0 Å². The lowest BCUT2D eigenvalue weighted by atomic mass is 9.97. The molecule has 2 heterocycles. The monoisotopic (exact) mass is 309 g/mol. The summed E-state index contributed by atoms with van der Waals surface area (Å²) in [7, 11) is -3.65. The molecule has 2 unspecified atom stereocenters. The van der Waals surface area contributed by atoms with E-state index in [0.717, 1.165) is 30.6 Å². The minimum atomic E-state index is -3.65. The molecule has 0 aliphatic carbocycles. The van der Waals surface area contributed by atoms with Crippen molar-refractivity contribution >= 4 is 15.7 Å². The Bertz CT molecular complexity index is 630. The summed E-state index contributed by atoms with van der Waals surface area (Å²) < 4.78 is 23.0. The van der Waals surface area contributed by atoms with Gasteiger partial charge in [-0.25, -0.2) is 13.6 Å². The molecule has 2 aliphatic rings. The van der Waals surface area contributed by atoms with E-state index in [1.807, 2.05) is 13.0 Å². The van der Waals surface area contributed by atoms with Gasteiger partial charge in [0.15, 0.2) is 0 Å². The highest BCUT2D eigenvalue weighted by atomic mass is 32.2. The van der Waals surface area contributed by atoms with Crippen LogP contribution in [0.15, 0.2) is 23.1 Å². The lowest BCUT2D eigenvalue weighted by molar-refractivity contribution is 0.188. The third-order valence-corrected chi connectivity index (χ3v) is 5.63. The zero-order chi connectivity index (χ0) is 15.0. The number of nitrogens with one attached hydrogen (secondary N) is 1. The van der Waals surface area contributed by atoms with Gasteiger partial charge < -0.3 is 10.2 Å². The van der Waals surface area contributed by atoms with Crippen LogP contribution in [0.5, 0.6) is 0 Å². The van der Waals surface area contributed by atoms with Crippen molar-refractivity contribution in [2.45, 2.75) is 49.6 Å². The van der Waals surface area contributed by atoms with E-state index < -0.39 is 10.0 Å². The van der Waals surface area contributed by atoms with Crippen LogP contribution >= 0.6 is 0 Å². The minimum absolute atomic E-state index is 0.175. The van der Waals surface area contributed by atoms with Gasteiger partial charge in [0.05, 0.1) is 4.90 Å². The molecule has 0 amide bonds. The molecule has 5 nitrogen and oxygen atoms in total. The van der Waals surface area contributed by atoms with Crippen LogP contribution < -0.4 is 10.5 Å². The summed E-state index contributed by atoms with van der Waals surface area (Å²) in [6.45, 7) is 4.35. The third kappa shape index (κ3) is 3.22. The first-order valence-electron chi connectivity index (χ1n) is 7.57. The number of aryl methyl sites for hydroxylation is 1. The van der Waals surface area contributed by atoms with E-state index in [0.29, 0.717) is 12.1 Å². The molecule has 3 N–H and O–H groups in total. The zero-order valence-corrected chi connectivity index (χ0v) is 13.2. The Morgan fingerprint density at radius 3 is 2.86 bits per heavy atom. The summed E-state index contributed by atoms with van der Waals surface area (Å²) in [4.78, 5) is 2.75. The number of primary sulfonamides is 1. The fourth-order valence-corrected chi connectivity index (χ4v) is 4.05. The second-order valence-corrected chi connectivity index (χ2v) is 7.78. The first kappa shape index (κ1) is 14.8. The molecule has 2 aliphatic heterocycles. The van der Waals surface area contributed by atoms with Gasteiger partial charge in [0.1, 0.15) is 0 Å². The SMILES string of the molecule is Cc1ccc(S(N)(=O)=O)cc1NC1CCN2CCCC2C1. The van der Waals surface area contributed by atoms with Crippen molar-refractivity contribution in [1.29, 1.82) is 0 Å². The molecule has 0 saturated carbocycles. The van der Waals surface area contributed by atoms with Crippen molar-refractivity contribution < 1.29 is 8.42 Å². The van der Waals surface area contributed by atoms with Crippen LogP contribution in [0.3, 0.4) is 0 Å². The Kier molecular flexibility index (Phi) is 3.94. The van der Waals surface area contributed by atoms with E-state index in [1.54, 1.807) is 12.1 Å². The Labute approximate surface area is 126 Å². The quantitative estimate of drug-likeness (QED) is 0.891. The third-order valence-electron chi connectivity index (χ3n) is 4.72. The number of nitrogens with zero attached hydrogens (tertiary/aromatic N) is 1. The highest BCUT2D eigenvalue weighted by Gasteiger charge is 2.31. The van der Waals surface area contributed by atoms with E-state index in [4.69, 9.17) is 5.14 Å². The van der Waals surface area contributed by atoms with Crippen LogP contribution in [0.2, 0.25) is 0 Å². The van der Waals surface area contributed by atoms with Gasteiger partial charge in [0.25, 0.3) is 0 Å². The number of benzene rings is 1. The van der Waals surface area contributed by atoms with Gasteiger partial charge in [0, 0.05) is 24.3 Å². The highest BCUT2D eigenvalue weighted by Crippen LogP contribution is 2.29. The molecule has 2 atom stereocenters. The standard InChI is InChI=1S/C15H23N3O2S/c1-11-4-5-14(21(16,19)20)10-15(11)17-12-6-8-18-7-2-3-13(18)9-12/h4-5,10,12-13,17H,2-3,6-9H2,1H3,(H2,16,19,20). The number of nitrogens with two attached hydrogens (primary N) is 1. The van der Waals surface area contributed by atoms with Crippen molar-refractivity contribution in [2.75, 3.05) is 18.4 Å². The van der Waals surface area contributed by atoms with Crippen LogP contribution in [0.1, 0.15) is 31.2 Å². The van der Waals surface area contributed by atoms with Crippen molar-refractivity contribution in [2.24, 2.45) is 5.14 Å². The number of anilines is 1. The molecule has 0 bridgehead atoms. The molecular weight excluding hydrogens is 286 g/mol. The number of hydrogen-bond donors (Lipinski definition) is 2. The number of hydrogen-bond acceptors (Lipinski definition) is 4. The number of sulfonamides is 1. The largest absolute Gasteiger partial charge is 0.382 e. The molecule has 0 spiro atoms. The fraction of sp³-hybridized carbons (Fsp3) is 0.600. The summed E-state index contributed by atoms with van der Waals surface area (Å²) in [6, 6.07) is 6.14. The van der Waals surface area contributed by atoms with Gasteiger partial charge >= 0.3 is 0 Å². The van der Waals surface area contributed by atoms with E-state index in [9.17, 15) is 8.42 Å². The van der Waals surface area contributed by atoms with E-state index in [1.165, 1.54) is 19.4 Å². The maximum atomic E-state index is 11.5. The van der Waals surface area contributed by atoms with Crippen LogP contribution in [-0.2, 0) is 10.0 Å². The highest BCUT2D eigenvalue weighted by molar-refractivity contribution is 7.89. The smallest absolute Gasteiger partial charge is 0.238 e.